The molecule has 5 fully saturated rings. The van der Waals surface area contributed by atoms with E-state index in [2.05, 4.69) is 42.8 Å². The third-order valence-electron chi connectivity index (χ3n) is 15.6. The maximum atomic E-state index is 13.4. The van der Waals surface area contributed by atoms with Crippen LogP contribution < -0.4 is 35.2 Å². The minimum Gasteiger partial charge on any atom is -0.495 e. The summed E-state index contributed by atoms with van der Waals surface area (Å²) in [6, 6.07) is 23.7. The number of hydrogen-bond donors (Lipinski definition) is 3. The number of piperidine rings is 3. The number of amides is 5. The molecule has 5 aliphatic heterocycles. The lowest BCUT2D eigenvalue weighted by Crippen LogP contribution is -2.54. The molecule has 16 heteroatoms. The summed E-state index contributed by atoms with van der Waals surface area (Å²) in [4.78, 5) is 77.9. The van der Waals surface area contributed by atoms with E-state index >= 15 is 0 Å². The van der Waals surface area contributed by atoms with Crippen LogP contribution in [0.4, 0.5) is 27.1 Å². The van der Waals surface area contributed by atoms with Crippen LogP contribution in [0.25, 0.3) is 10.9 Å². The molecule has 1 aliphatic carbocycles. The fourth-order valence-electron chi connectivity index (χ4n) is 11.3. The van der Waals surface area contributed by atoms with Crippen molar-refractivity contribution in [3.8, 4) is 17.2 Å². The first-order valence-corrected chi connectivity index (χ1v) is 24.6. The second-order valence-electron chi connectivity index (χ2n) is 19.9. The van der Waals surface area contributed by atoms with Crippen molar-refractivity contribution in [2.24, 2.45) is 23.2 Å². The SMILES string of the molecule is COc1cc2c(Oc3ccc(NC(=O)C4(C(=O)Nc5ccc(F)cc5)CC4)cc3)ccnc2cc1N1CCC(CN2CC(C3CCN(c4cccc5c4CN([C@H]4CCC(=O)NC4=O)C5=O)CC3)C2)CC1. The highest BCUT2D eigenvalue weighted by atomic mass is 19.1. The molecular weight excluding hydrogens is 892 g/mol. The number of pyridine rings is 1. The number of halogens is 1. The molecule has 1 atom stereocenters. The maximum absolute atomic E-state index is 13.4. The van der Waals surface area contributed by atoms with Crippen LogP contribution in [0.2, 0.25) is 0 Å². The van der Waals surface area contributed by atoms with E-state index in [4.69, 9.17) is 14.5 Å². The summed E-state index contributed by atoms with van der Waals surface area (Å²) >= 11 is 0. The fraction of sp³-hybridized carbons (Fsp3) is 0.407. The number of carbonyl (C=O) groups is 5. The zero-order valence-corrected chi connectivity index (χ0v) is 39.3. The summed E-state index contributed by atoms with van der Waals surface area (Å²) in [7, 11) is 1.69. The zero-order valence-electron chi connectivity index (χ0n) is 39.3. The van der Waals surface area contributed by atoms with Crippen LogP contribution in [-0.4, -0.2) is 103 Å². The molecule has 4 saturated heterocycles. The zero-order chi connectivity index (χ0) is 48.1. The normalized spacial score (nSPS) is 20.7. The van der Waals surface area contributed by atoms with Crippen LogP contribution in [-0.2, 0) is 25.7 Å². The Bertz CT molecular complexity index is 2850. The Hall–Kier alpha value is -7.07. The van der Waals surface area contributed by atoms with Gasteiger partial charge in [0.05, 0.1) is 18.3 Å². The Labute approximate surface area is 405 Å². The van der Waals surface area contributed by atoms with Gasteiger partial charge in [0.2, 0.25) is 23.6 Å². The van der Waals surface area contributed by atoms with E-state index in [9.17, 15) is 28.4 Å². The first-order chi connectivity index (χ1) is 34.0. The Kier molecular flexibility index (Phi) is 12.1. The number of methoxy groups -OCH3 is 1. The first kappa shape index (κ1) is 45.4. The van der Waals surface area contributed by atoms with E-state index in [1.54, 1.807) is 42.5 Å². The molecule has 1 aromatic heterocycles. The number of benzene rings is 4. The minimum absolute atomic E-state index is 0.124. The standard InChI is InChI=1S/C54H57FN8O7/c1-69-48-27-41-43(56-22-15-47(41)70-39-11-9-38(10-12-39)58-53(68)54(20-21-54)52(67)57-37-7-5-36(55)6-8-37)28-46(48)62-23-16-33(17-24-62)29-60-30-35(31-60)34-18-25-61(26-19-34)44-4-2-3-40-42(44)32-63(51(40)66)45-13-14-49(64)59-50(45)65/h2-12,15,22,27-28,33-35,45H,13-14,16-21,23-26,29-32H2,1H3,(H,57,67)(H,58,68)(H,59,64,65)/t45-/m0/s1. The largest absolute Gasteiger partial charge is 0.495 e. The van der Waals surface area contributed by atoms with Crippen LogP contribution in [0.15, 0.2) is 91.1 Å². The van der Waals surface area contributed by atoms with Gasteiger partial charge in [-0.1, -0.05) is 6.07 Å². The molecule has 3 N–H and O–H groups in total. The molecule has 11 rings (SSSR count). The van der Waals surface area contributed by atoms with Crippen molar-refractivity contribution in [1.82, 2.24) is 20.1 Å². The lowest BCUT2D eigenvalue weighted by atomic mass is 9.79. The van der Waals surface area contributed by atoms with E-state index in [0.717, 1.165) is 105 Å². The molecule has 0 radical (unpaired) electrons. The monoisotopic (exact) mass is 948 g/mol. The smallest absolute Gasteiger partial charge is 0.255 e. The number of nitrogens with one attached hydrogen (secondary N) is 3. The van der Waals surface area contributed by atoms with Crippen LogP contribution in [0, 0.1) is 29.0 Å². The number of likely N-dealkylation sites (tertiary alicyclic amines) is 1. The summed E-state index contributed by atoms with van der Waals surface area (Å²) in [6.45, 7) is 7.60. The van der Waals surface area contributed by atoms with E-state index < -0.39 is 23.2 Å². The highest BCUT2D eigenvalue weighted by Crippen LogP contribution is 2.48. The molecule has 0 bridgehead atoms. The number of anilines is 4. The summed E-state index contributed by atoms with van der Waals surface area (Å²) in [6.07, 6.45) is 7.67. The molecular formula is C54H57FN8O7. The second-order valence-corrected chi connectivity index (χ2v) is 19.9. The number of fused-ring (bicyclic) bond motifs is 2. The third-order valence-corrected chi connectivity index (χ3v) is 15.6. The van der Waals surface area contributed by atoms with Gasteiger partial charge in [-0.2, -0.15) is 0 Å². The Morgan fingerprint density at radius 2 is 1.46 bits per heavy atom. The van der Waals surface area contributed by atoms with Crippen molar-refractivity contribution in [3.63, 3.8) is 0 Å². The van der Waals surface area contributed by atoms with Crippen LogP contribution in [0.1, 0.15) is 67.3 Å². The van der Waals surface area contributed by atoms with Crippen molar-refractivity contribution in [2.75, 3.05) is 73.4 Å². The minimum atomic E-state index is -1.17. The summed E-state index contributed by atoms with van der Waals surface area (Å²) in [5.74, 6) is 1.99. The van der Waals surface area contributed by atoms with Gasteiger partial charge in [0.15, 0.2) is 0 Å². The van der Waals surface area contributed by atoms with Gasteiger partial charge in [0.25, 0.3) is 5.91 Å². The van der Waals surface area contributed by atoms with E-state index in [-0.39, 0.29) is 30.0 Å². The van der Waals surface area contributed by atoms with Gasteiger partial charge in [-0.3, -0.25) is 34.3 Å². The van der Waals surface area contributed by atoms with Crippen LogP contribution in [0.5, 0.6) is 17.2 Å². The lowest BCUT2D eigenvalue weighted by Gasteiger charge is -2.48. The molecule has 0 spiro atoms. The predicted octanol–water partition coefficient (Wildman–Crippen LogP) is 7.36. The highest BCUT2D eigenvalue weighted by Gasteiger charge is 2.56. The molecule has 0 unspecified atom stereocenters. The topological polar surface area (TPSA) is 166 Å². The maximum Gasteiger partial charge on any atom is 0.255 e. The number of rotatable bonds is 13. The molecule has 6 heterocycles. The Balaban J connectivity index is 0.643. The third kappa shape index (κ3) is 8.89. The molecule has 1 saturated carbocycles. The van der Waals surface area contributed by atoms with Gasteiger partial charge in [0.1, 0.15) is 34.5 Å². The van der Waals surface area contributed by atoms with Crippen molar-refractivity contribution in [3.05, 3.63) is 108 Å². The van der Waals surface area contributed by atoms with Gasteiger partial charge < -0.3 is 39.7 Å². The van der Waals surface area contributed by atoms with E-state index in [0.29, 0.717) is 72.0 Å². The molecule has 5 aromatic rings. The number of ether oxygens (including phenoxy) is 2. The molecule has 362 valence electrons. The van der Waals surface area contributed by atoms with E-state index in [1.165, 1.54) is 24.3 Å². The van der Waals surface area contributed by atoms with Gasteiger partial charge in [-0.15, -0.1) is 0 Å². The summed E-state index contributed by atoms with van der Waals surface area (Å²) < 4.78 is 25.7. The molecule has 4 aromatic carbocycles. The molecule has 15 nitrogen and oxygen atoms in total. The average Bonchev–Trinajstić information content (AvgIpc) is 4.12. The average molecular weight is 949 g/mol. The molecule has 70 heavy (non-hydrogen) atoms. The van der Waals surface area contributed by atoms with Crippen molar-refractivity contribution >= 4 is 63.2 Å². The van der Waals surface area contributed by atoms with Crippen molar-refractivity contribution < 1.29 is 37.8 Å². The summed E-state index contributed by atoms with van der Waals surface area (Å²) in [5, 5.41) is 8.83. The van der Waals surface area contributed by atoms with Gasteiger partial charge in [-0.05, 0) is 142 Å². The highest BCUT2D eigenvalue weighted by molar-refractivity contribution is 6.17. The van der Waals surface area contributed by atoms with Gasteiger partial charge in [0, 0.05) is 98.6 Å². The van der Waals surface area contributed by atoms with Crippen molar-refractivity contribution in [2.45, 2.75) is 64.0 Å². The number of imide groups is 1. The predicted molar refractivity (Wildman–Crippen MR) is 262 cm³/mol. The Morgan fingerprint density at radius 1 is 0.786 bits per heavy atom. The first-order valence-electron chi connectivity index (χ1n) is 24.6. The number of hydrogen-bond acceptors (Lipinski definition) is 11. The van der Waals surface area contributed by atoms with Gasteiger partial charge >= 0.3 is 0 Å². The Morgan fingerprint density at radius 3 is 2.13 bits per heavy atom. The van der Waals surface area contributed by atoms with Crippen molar-refractivity contribution in [1.29, 1.82) is 0 Å². The lowest BCUT2D eigenvalue weighted by molar-refractivity contribution is -0.137. The fourth-order valence-corrected chi connectivity index (χ4v) is 11.3. The van der Waals surface area contributed by atoms with Crippen LogP contribution >= 0.6 is 0 Å². The van der Waals surface area contributed by atoms with E-state index in [1.807, 2.05) is 24.3 Å². The summed E-state index contributed by atoms with van der Waals surface area (Å²) in [5.41, 5.74) is 4.38. The number of nitrogens with zero attached hydrogens (tertiary/aromatic N) is 5. The number of carbonyl (C=O) groups excluding carboxylic acids is 5. The molecule has 6 aliphatic rings. The quantitative estimate of drug-likeness (QED) is 0.0798. The number of aromatic nitrogens is 1. The van der Waals surface area contributed by atoms with Crippen LogP contribution in [0.3, 0.4) is 0 Å². The molecule has 5 amide bonds. The van der Waals surface area contributed by atoms with Gasteiger partial charge in [-0.25, -0.2) is 4.39 Å². The second kappa shape index (κ2) is 18.7.